The molecule has 0 spiro atoms. The minimum Gasteiger partial charge on any atom is -0.384 e. The predicted molar refractivity (Wildman–Crippen MR) is 72.2 cm³/mol. The highest BCUT2D eigenvalue weighted by molar-refractivity contribution is 6.21. The van der Waals surface area contributed by atoms with Crippen molar-refractivity contribution in [1.29, 1.82) is 5.41 Å². The lowest BCUT2D eigenvalue weighted by Crippen LogP contribution is -2.12. The van der Waals surface area contributed by atoms with E-state index < -0.39 is 0 Å². The van der Waals surface area contributed by atoms with Crippen LogP contribution in [0.5, 0.6) is 0 Å². The van der Waals surface area contributed by atoms with Gasteiger partial charge in [0.2, 0.25) is 0 Å². The zero-order valence-electron chi connectivity index (χ0n) is 9.83. The van der Waals surface area contributed by atoms with E-state index >= 15 is 0 Å². The third-order valence-electron chi connectivity index (χ3n) is 2.05. The molecule has 0 aliphatic heterocycles. The van der Waals surface area contributed by atoms with E-state index in [1.807, 2.05) is 37.3 Å². The number of hydrogen-bond donors (Lipinski definition) is 3. The van der Waals surface area contributed by atoms with Gasteiger partial charge in [-0.15, -0.1) is 0 Å². The summed E-state index contributed by atoms with van der Waals surface area (Å²) in [7, 11) is 1.50. The average molecular weight is 217 g/mol. The summed E-state index contributed by atoms with van der Waals surface area (Å²) in [5, 5.41) is 7.44. The van der Waals surface area contributed by atoms with E-state index in [0.717, 1.165) is 16.7 Å². The van der Waals surface area contributed by atoms with Gasteiger partial charge in [0, 0.05) is 5.57 Å². The highest BCUT2D eigenvalue weighted by atomic mass is 14.7. The second-order valence-corrected chi connectivity index (χ2v) is 2.91. The van der Waals surface area contributed by atoms with Gasteiger partial charge >= 0.3 is 0 Å². The van der Waals surface area contributed by atoms with Gasteiger partial charge in [0.25, 0.3) is 0 Å². The van der Waals surface area contributed by atoms with E-state index in [9.17, 15) is 0 Å². The molecule has 0 saturated carbocycles. The highest BCUT2D eigenvalue weighted by Crippen LogP contribution is 2.19. The maximum atomic E-state index is 7.44. The minimum absolute atomic E-state index is 0.0850. The number of benzene rings is 1. The van der Waals surface area contributed by atoms with Crippen molar-refractivity contribution < 1.29 is 0 Å². The summed E-state index contributed by atoms with van der Waals surface area (Å²) in [5.74, 6) is 0.0850. The SMILES string of the molecule is C=Cc1ccccc1/C(=C\C)C(=N)N.CN. The van der Waals surface area contributed by atoms with Crippen LogP contribution in [0.15, 0.2) is 36.9 Å². The maximum Gasteiger partial charge on any atom is 0.123 e. The van der Waals surface area contributed by atoms with Crippen LogP contribution in [0.25, 0.3) is 11.6 Å². The first kappa shape index (κ1) is 14.1. The number of rotatable bonds is 3. The van der Waals surface area contributed by atoms with Gasteiger partial charge in [-0.05, 0) is 25.1 Å². The van der Waals surface area contributed by atoms with E-state index in [1.54, 1.807) is 6.08 Å². The Morgan fingerprint density at radius 2 is 1.88 bits per heavy atom. The van der Waals surface area contributed by atoms with Crippen LogP contribution in [0, 0.1) is 5.41 Å². The molecule has 16 heavy (non-hydrogen) atoms. The molecule has 1 aromatic carbocycles. The maximum absolute atomic E-state index is 7.44. The van der Waals surface area contributed by atoms with Gasteiger partial charge < -0.3 is 11.5 Å². The molecule has 1 aromatic rings. The van der Waals surface area contributed by atoms with Crippen molar-refractivity contribution in [2.75, 3.05) is 7.05 Å². The van der Waals surface area contributed by atoms with Gasteiger partial charge in [-0.1, -0.05) is 43.0 Å². The molecule has 0 unspecified atom stereocenters. The van der Waals surface area contributed by atoms with Gasteiger partial charge in [0.1, 0.15) is 5.84 Å². The second kappa shape index (κ2) is 7.43. The zero-order valence-corrected chi connectivity index (χ0v) is 9.83. The van der Waals surface area contributed by atoms with Crippen LogP contribution in [0.2, 0.25) is 0 Å². The molecule has 86 valence electrons. The fraction of sp³-hybridized carbons (Fsp3) is 0.154. The first-order valence-corrected chi connectivity index (χ1v) is 5.01. The molecular weight excluding hydrogens is 198 g/mol. The molecule has 0 aliphatic carbocycles. The summed E-state index contributed by atoms with van der Waals surface area (Å²) in [6.07, 6.45) is 3.60. The Morgan fingerprint density at radius 1 is 1.31 bits per heavy atom. The first-order chi connectivity index (χ1) is 7.70. The van der Waals surface area contributed by atoms with Gasteiger partial charge in [0.05, 0.1) is 0 Å². The molecular formula is C13H19N3. The molecule has 0 saturated heterocycles. The summed E-state index contributed by atoms with van der Waals surface area (Å²) in [4.78, 5) is 0. The third kappa shape index (κ3) is 3.37. The quantitative estimate of drug-likeness (QED) is 0.536. The van der Waals surface area contributed by atoms with Gasteiger partial charge in [-0.2, -0.15) is 0 Å². The summed E-state index contributed by atoms with van der Waals surface area (Å²) in [6.45, 7) is 5.60. The second-order valence-electron chi connectivity index (χ2n) is 2.91. The van der Waals surface area contributed by atoms with E-state index in [1.165, 1.54) is 7.05 Å². The smallest absolute Gasteiger partial charge is 0.123 e. The van der Waals surface area contributed by atoms with Crippen molar-refractivity contribution in [3.8, 4) is 0 Å². The Bertz CT molecular complexity index is 392. The molecule has 3 heteroatoms. The van der Waals surface area contributed by atoms with E-state index in [2.05, 4.69) is 12.3 Å². The summed E-state index contributed by atoms with van der Waals surface area (Å²) >= 11 is 0. The Labute approximate surface area is 97.0 Å². The molecule has 0 aliphatic rings. The standard InChI is InChI=1S/C12H14N2.CH5N/c1-3-9-7-5-6-8-11(9)10(4-2)12(13)14;1-2/h3-8H,1H2,2H3,(H3,13,14);2H2,1H3/b10-4+;. The number of nitrogens with two attached hydrogens (primary N) is 2. The average Bonchev–Trinajstić information content (AvgIpc) is 2.33. The van der Waals surface area contributed by atoms with Gasteiger partial charge in [-0.3, -0.25) is 5.41 Å². The fourth-order valence-corrected chi connectivity index (χ4v) is 1.38. The number of nitrogens with one attached hydrogen (secondary N) is 1. The predicted octanol–water partition coefficient (Wildman–Crippen LogP) is 2.24. The van der Waals surface area contributed by atoms with Crippen molar-refractivity contribution >= 4 is 17.5 Å². The highest BCUT2D eigenvalue weighted by Gasteiger charge is 2.06. The Hall–Kier alpha value is -1.87. The van der Waals surface area contributed by atoms with Crippen molar-refractivity contribution in [2.45, 2.75) is 6.92 Å². The largest absolute Gasteiger partial charge is 0.384 e. The van der Waals surface area contributed by atoms with E-state index in [4.69, 9.17) is 11.1 Å². The van der Waals surface area contributed by atoms with Crippen molar-refractivity contribution in [3.05, 3.63) is 48.0 Å². The molecule has 0 radical (unpaired) electrons. The molecule has 1 rings (SSSR count). The fourth-order valence-electron chi connectivity index (χ4n) is 1.38. The van der Waals surface area contributed by atoms with Gasteiger partial charge in [-0.25, -0.2) is 0 Å². The molecule has 0 heterocycles. The van der Waals surface area contributed by atoms with Crippen LogP contribution in [0.3, 0.4) is 0 Å². The van der Waals surface area contributed by atoms with Crippen LogP contribution < -0.4 is 11.5 Å². The van der Waals surface area contributed by atoms with Crippen LogP contribution in [0.1, 0.15) is 18.1 Å². The van der Waals surface area contributed by atoms with Crippen LogP contribution in [-0.4, -0.2) is 12.9 Å². The molecule has 0 fully saturated rings. The Kier molecular flexibility index (Phi) is 6.56. The van der Waals surface area contributed by atoms with Crippen molar-refractivity contribution in [2.24, 2.45) is 11.5 Å². The Morgan fingerprint density at radius 3 is 2.31 bits per heavy atom. The van der Waals surface area contributed by atoms with E-state index in [0.29, 0.717) is 0 Å². The molecule has 0 aromatic heterocycles. The van der Waals surface area contributed by atoms with Crippen molar-refractivity contribution in [1.82, 2.24) is 0 Å². The number of hydrogen-bond acceptors (Lipinski definition) is 2. The topological polar surface area (TPSA) is 75.9 Å². The summed E-state index contributed by atoms with van der Waals surface area (Å²) < 4.78 is 0. The minimum atomic E-state index is 0.0850. The summed E-state index contributed by atoms with van der Waals surface area (Å²) in [6, 6.07) is 7.76. The van der Waals surface area contributed by atoms with Crippen LogP contribution >= 0.6 is 0 Å². The van der Waals surface area contributed by atoms with Gasteiger partial charge in [0.15, 0.2) is 0 Å². The first-order valence-electron chi connectivity index (χ1n) is 5.01. The zero-order chi connectivity index (χ0) is 12.6. The number of allylic oxidation sites excluding steroid dienone is 1. The lowest BCUT2D eigenvalue weighted by atomic mass is 9.99. The third-order valence-corrected chi connectivity index (χ3v) is 2.05. The van der Waals surface area contributed by atoms with Crippen LogP contribution in [-0.2, 0) is 0 Å². The Balaban J connectivity index is 0.00000106. The lowest BCUT2D eigenvalue weighted by Gasteiger charge is -2.08. The molecule has 3 nitrogen and oxygen atoms in total. The van der Waals surface area contributed by atoms with Crippen molar-refractivity contribution in [3.63, 3.8) is 0 Å². The monoisotopic (exact) mass is 217 g/mol. The van der Waals surface area contributed by atoms with Crippen LogP contribution in [0.4, 0.5) is 0 Å². The molecule has 0 amide bonds. The lowest BCUT2D eigenvalue weighted by molar-refractivity contribution is 1.45. The summed E-state index contributed by atoms with van der Waals surface area (Å²) in [5.41, 5.74) is 12.7. The molecule has 0 bridgehead atoms. The number of amidine groups is 1. The molecule has 5 N–H and O–H groups in total. The molecule has 0 atom stereocenters. The van der Waals surface area contributed by atoms with E-state index in [-0.39, 0.29) is 5.84 Å². The normalized spacial score (nSPS) is 10.1.